The summed E-state index contributed by atoms with van der Waals surface area (Å²) in [6, 6.07) is 29.4. The second-order valence-electron chi connectivity index (χ2n) is 5.84. The van der Waals surface area contributed by atoms with Crippen LogP contribution in [0.5, 0.6) is 0 Å². The minimum Gasteiger partial charge on any atom is -0.398 e. The summed E-state index contributed by atoms with van der Waals surface area (Å²) >= 11 is 3.57. The fourth-order valence-corrected chi connectivity index (χ4v) is 3.45. The van der Waals surface area contributed by atoms with Gasteiger partial charge in [0.25, 0.3) is 0 Å². The van der Waals surface area contributed by atoms with Crippen molar-refractivity contribution >= 4 is 32.4 Å². The van der Waals surface area contributed by atoms with Gasteiger partial charge in [0.05, 0.1) is 0 Å². The molecule has 2 heteroatoms. The highest BCUT2D eigenvalue weighted by molar-refractivity contribution is 9.10. The highest BCUT2D eigenvalue weighted by atomic mass is 79.9. The van der Waals surface area contributed by atoms with Gasteiger partial charge < -0.3 is 5.73 Å². The van der Waals surface area contributed by atoms with Crippen LogP contribution in [-0.2, 0) is 0 Å². The van der Waals surface area contributed by atoms with E-state index in [0.29, 0.717) is 0 Å². The van der Waals surface area contributed by atoms with Crippen LogP contribution < -0.4 is 5.73 Å². The fraction of sp³-hybridized carbons (Fsp3) is 0. The third-order valence-corrected chi connectivity index (χ3v) is 4.79. The van der Waals surface area contributed by atoms with Gasteiger partial charge in [-0.1, -0.05) is 82.7 Å². The number of hydrogen-bond donors (Lipinski definition) is 1. The van der Waals surface area contributed by atoms with E-state index < -0.39 is 0 Å². The summed E-state index contributed by atoms with van der Waals surface area (Å²) < 4.78 is 1.06. The van der Waals surface area contributed by atoms with E-state index in [4.69, 9.17) is 5.73 Å². The van der Waals surface area contributed by atoms with E-state index in [-0.39, 0.29) is 0 Å². The molecule has 0 aliphatic carbocycles. The molecule has 4 aromatic rings. The molecular formula is C22H16BrN. The highest BCUT2D eigenvalue weighted by Crippen LogP contribution is 2.36. The van der Waals surface area contributed by atoms with Crippen molar-refractivity contribution in [1.29, 1.82) is 0 Å². The molecular weight excluding hydrogens is 358 g/mol. The SMILES string of the molecule is Nc1ccc2ccc(Br)cc2c1-c1ccc(-c2ccccc2)cc1. The van der Waals surface area contributed by atoms with Gasteiger partial charge in [0.2, 0.25) is 0 Å². The Morgan fingerprint density at radius 1 is 0.625 bits per heavy atom. The molecule has 0 heterocycles. The Kier molecular flexibility index (Phi) is 3.83. The molecule has 0 saturated carbocycles. The molecule has 0 radical (unpaired) electrons. The van der Waals surface area contributed by atoms with Crippen molar-refractivity contribution in [3.63, 3.8) is 0 Å². The predicted molar refractivity (Wildman–Crippen MR) is 107 cm³/mol. The van der Waals surface area contributed by atoms with Gasteiger partial charge in [-0.2, -0.15) is 0 Å². The summed E-state index contributed by atoms with van der Waals surface area (Å²) in [7, 11) is 0. The lowest BCUT2D eigenvalue weighted by atomic mass is 9.95. The van der Waals surface area contributed by atoms with Gasteiger partial charge in [-0.3, -0.25) is 0 Å². The molecule has 1 nitrogen and oxygen atoms in total. The van der Waals surface area contributed by atoms with Gasteiger partial charge in [0.15, 0.2) is 0 Å². The molecule has 0 amide bonds. The third-order valence-electron chi connectivity index (χ3n) is 4.30. The van der Waals surface area contributed by atoms with Crippen LogP contribution in [0.25, 0.3) is 33.0 Å². The number of rotatable bonds is 2. The molecule has 0 atom stereocenters. The molecule has 2 N–H and O–H groups in total. The van der Waals surface area contributed by atoms with Gasteiger partial charge in [0.1, 0.15) is 0 Å². The van der Waals surface area contributed by atoms with Crippen molar-refractivity contribution in [2.45, 2.75) is 0 Å². The van der Waals surface area contributed by atoms with Crippen molar-refractivity contribution in [3.05, 3.63) is 89.4 Å². The zero-order valence-corrected chi connectivity index (χ0v) is 14.6. The van der Waals surface area contributed by atoms with Crippen LogP contribution >= 0.6 is 15.9 Å². The van der Waals surface area contributed by atoms with Crippen LogP contribution in [0.4, 0.5) is 5.69 Å². The van der Waals surface area contributed by atoms with E-state index in [1.54, 1.807) is 0 Å². The second-order valence-corrected chi connectivity index (χ2v) is 6.75. The number of benzene rings is 4. The number of nitrogen functional groups attached to an aromatic ring is 1. The molecule has 0 spiro atoms. The molecule has 0 bridgehead atoms. The number of anilines is 1. The van der Waals surface area contributed by atoms with E-state index in [0.717, 1.165) is 26.7 Å². The molecule has 0 unspecified atom stereocenters. The van der Waals surface area contributed by atoms with E-state index in [2.05, 4.69) is 88.7 Å². The lowest BCUT2D eigenvalue weighted by molar-refractivity contribution is 1.60. The smallest absolute Gasteiger partial charge is 0.0400 e. The van der Waals surface area contributed by atoms with Gasteiger partial charge in [0, 0.05) is 15.7 Å². The summed E-state index contributed by atoms with van der Waals surface area (Å²) in [5.41, 5.74) is 11.8. The molecule has 116 valence electrons. The maximum Gasteiger partial charge on any atom is 0.0400 e. The molecule has 0 saturated heterocycles. The quantitative estimate of drug-likeness (QED) is 0.397. The Bertz CT molecular complexity index is 1000. The first-order chi connectivity index (χ1) is 11.7. The van der Waals surface area contributed by atoms with Crippen LogP contribution in [0.15, 0.2) is 89.4 Å². The van der Waals surface area contributed by atoms with E-state index in [1.165, 1.54) is 16.5 Å². The Morgan fingerprint density at radius 3 is 2.00 bits per heavy atom. The largest absolute Gasteiger partial charge is 0.398 e. The Morgan fingerprint density at radius 2 is 1.25 bits per heavy atom. The summed E-state index contributed by atoms with van der Waals surface area (Å²) in [5.74, 6) is 0. The molecule has 0 aromatic heterocycles. The van der Waals surface area contributed by atoms with E-state index in [1.807, 2.05) is 12.1 Å². The van der Waals surface area contributed by atoms with Crippen LogP contribution in [0.1, 0.15) is 0 Å². The first kappa shape index (κ1) is 15.0. The van der Waals surface area contributed by atoms with Crippen LogP contribution in [-0.4, -0.2) is 0 Å². The van der Waals surface area contributed by atoms with Crippen molar-refractivity contribution in [2.24, 2.45) is 0 Å². The molecule has 4 rings (SSSR count). The Balaban J connectivity index is 1.86. The summed E-state index contributed by atoms with van der Waals surface area (Å²) in [6.45, 7) is 0. The number of hydrogen-bond acceptors (Lipinski definition) is 1. The normalized spacial score (nSPS) is 10.9. The summed E-state index contributed by atoms with van der Waals surface area (Å²) in [5, 5.41) is 2.35. The summed E-state index contributed by atoms with van der Waals surface area (Å²) in [4.78, 5) is 0. The van der Waals surface area contributed by atoms with Crippen LogP contribution in [0.2, 0.25) is 0 Å². The second kappa shape index (κ2) is 6.14. The fourth-order valence-electron chi connectivity index (χ4n) is 3.09. The minimum absolute atomic E-state index is 0.799. The average Bonchev–Trinajstić information content (AvgIpc) is 2.62. The first-order valence-corrected chi connectivity index (χ1v) is 8.65. The Labute approximate surface area is 149 Å². The van der Waals surface area contributed by atoms with Crippen molar-refractivity contribution in [2.75, 3.05) is 5.73 Å². The molecule has 24 heavy (non-hydrogen) atoms. The van der Waals surface area contributed by atoms with Crippen molar-refractivity contribution in [3.8, 4) is 22.3 Å². The first-order valence-electron chi connectivity index (χ1n) is 7.86. The number of halogens is 1. The maximum atomic E-state index is 6.30. The summed E-state index contributed by atoms with van der Waals surface area (Å²) in [6.07, 6.45) is 0. The standard InChI is InChI=1S/C22H16BrN/c23-19-12-10-17-11-13-21(24)22(20(17)14-19)18-8-6-16(7-9-18)15-4-2-1-3-5-15/h1-14H,24H2. The monoisotopic (exact) mass is 373 g/mol. The van der Waals surface area contributed by atoms with Crippen molar-refractivity contribution in [1.82, 2.24) is 0 Å². The maximum absolute atomic E-state index is 6.30. The van der Waals surface area contributed by atoms with Gasteiger partial charge >= 0.3 is 0 Å². The predicted octanol–water partition coefficient (Wildman–Crippen LogP) is 6.52. The third kappa shape index (κ3) is 2.70. The van der Waals surface area contributed by atoms with Crippen LogP contribution in [0, 0.1) is 0 Å². The average molecular weight is 374 g/mol. The van der Waals surface area contributed by atoms with Crippen LogP contribution in [0.3, 0.4) is 0 Å². The number of nitrogens with two attached hydrogens (primary N) is 1. The van der Waals surface area contributed by atoms with E-state index in [9.17, 15) is 0 Å². The van der Waals surface area contributed by atoms with Crippen molar-refractivity contribution < 1.29 is 0 Å². The highest BCUT2D eigenvalue weighted by Gasteiger charge is 2.09. The van der Waals surface area contributed by atoms with Gasteiger partial charge in [-0.05, 0) is 45.7 Å². The zero-order chi connectivity index (χ0) is 16.5. The molecule has 0 aliphatic rings. The minimum atomic E-state index is 0.799. The Hall–Kier alpha value is -2.58. The molecule has 4 aromatic carbocycles. The topological polar surface area (TPSA) is 26.0 Å². The molecule has 0 aliphatic heterocycles. The lowest BCUT2D eigenvalue weighted by Gasteiger charge is -2.12. The van der Waals surface area contributed by atoms with Gasteiger partial charge in [-0.15, -0.1) is 0 Å². The molecule has 0 fully saturated rings. The van der Waals surface area contributed by atoms with Gasteiger partial charge in [-0.25, -0.2) is 0 Å². The lowest BCUT2D eigenvalue weighted by Crippen LogP contribution is -1.92. The number of fused-ring (bicyclic) bond motifs is 1. The zero-order valence-electron chi connectivity index (χ0n) is 13.0. The van der Waals surface area contributed by atoms with E-state index >= 15 is 0 Å².